The molecule has 32 heavy (non-hydrogen) atoms. The smallest absolute Gasteiger partial charge is 0.343 e. The molecule has 0 amide bonds. The molecule has 0 bridgehead atoms. The maximum atomic E-state index is 12.4. The molecule has 0 radical (unpaired) electrons. The first-order valence-electron chi connectivity index (χ1n) is 12.1. The zero-order valence-corrected chi connectivity index (χ0v) is 19.9. The summed E-state index contributed by atoms with van der Waals surface area (Å²) in [7, 11) is 0. The molecule has 0 aromatic heterocycles. The molecule has 2 aromatic carbocycles. The highest BCUT2D eigenvalue weighted by molar-refractivity contribution is 5.92. The van der Waals surface area contributed by atoms with Crippen LogP contribution >= 0.6 is 0 Å². The molecule has 0 fully saturated rings. The Morgan fingerprint density at radius 3 is 1.94 bits per heavy atom. The number of ether oxygens (including phenoxy) is 2. The van der Waals surface area contributed by atoms with Gasteiger partial charge in [0.05, 0.1) is 17.7 Å². The van der Waals surface area contributed by atoms with Crippen molar-refractivity contribution < 1.29 is 19.1 Å². The Bertz CT molecular complexity index is 808. The standard InChI is InChI=1S/C28H38O4/c1-4-6-7-8-9-10-11-12-23-13-15-25(16-14-23)28(30)32-26-19-17-24(18-20-26)27(29)31-21-22(3)5-2/h13-20,22H,4-12,21H2,1-3H3. The van der Waals surface area contributed by atoms with Gasteiger partial charge in [-0.3, -0.25) is 0 Å². The normalized spacial score (nSPS) is 11.7. The summed E-state index contributed by atoms with van der Waals surface area (Å²) in [5.41, 5.74) is 2.21. The molecule has 0 saturated heterocycles. The maximum absolute atomic E-state index is 12.4. The Hall–Kier alpha value is -2.62. The van der Waals surface area contributed by atoms with Crippen LogP contribution in [0.2, 0.25) is 0 Å². The van der Waals surface area contributed by atoms with Gasteiger partial charge >= 0.3 is 11.9 Å². The summed E-state index contributed by atoms with van der Waals surface area (Å²) in [5.74, 6) is -0.0268. The van der Waals surface area contributed by atoms with E-state index in [1.165, 1.54) is 50.5 Å². The van der Waals surface area contributed by atoms with E-state index >= 15 is 0 Å². The topological polar surface area (TPSA) is 52.6 Å². The minimum atomic E-state index is -0.403. The van der Waals surface area contributed by atoms with Crippen LogP contribution in [0, 0.1) is 5.92 Å². The molecule has 0 aliphatic heterocycles. The monoisotopic (exact) mass is 438 g/mol. The number of carbonyl (C=O) groups excluding carboxylic acids is 2. The van der Waals surface area contributed by atoms with E-state index < -0.39 is 5.97 Å². The first-order valence-corrected chi connectivity index (χ1v) is 12.1. The van der Waals surface area contributed by atoms with Crippen LogP contribution in [0.25, 0.3) is 0 Å². The van der Waals surface area contributed by atoms with Crippen molar-refractivity contribution in [3.05, 3.63) is 65.2 Å². The molecule has 2 rings (SSSR count). The van der Waals surface area contributed by atoms with E-state index in [9.17, 15) is 9.59 Å². The van der Waals surface area contributed by atoms with Crippen molar-refractivity contribution in [2.45, 2.75) is 78.6 Å². The summed E-state index contributed by atoms with van der Waals surface area (Å²) >= 11 is 0. The third-order valence-electron chi connectivity index (χ3n) is 5.76. The fourth-order valence-corrected chi connectivity index (χ4v) is 3.34. The van der Waals surface area contributed by atoms with Crippen molar-refractivity contribution >= 4 is 11.9 Å². The zero-order valence-electron chi connectivity index (χ0n) is 19.9. The summed E-state index contributed by atoms with van der Waals surface area (Å²) in [6.07, 6.45) is 11.0. The van der Waals surface area contributed by atoms with Crippen molar-refractivity contribution in [2.24, 2.45) is 5.92 Å². The lowest BCUT2D eigenvalue weighted by molar-refractivity contribution is 0.0447. The lowest BCUT2D eigenvalue weighted by Gasteiger charge is -2.10. The summed E-state index contributed by atoms with van der Waals surface area (Å²) in [6.45, 7) is 6.74. The molecule has 1 atom stereocenters. The van der Waals surface area contributed by atoms with Gasteiger partial charge in [0.2, 0.25) is 0 Å². The molecule has 0 aliphatic carbocycles. The Morgan fingerprint density at radius 1 is 0.750 bits per heavy atom. The second-order valence-corrected chi connectivity index (χ2v) is 8.59. The van der Waals surface area contributed by atoms with Gasteiger partial charge in [0, 0.05) is 0 Å². The van der Waals surface area contributed by atoms with Crippen LogP contribution in [-0.4, -0.2) is 18.5 Å². The number of carbonyl (C=O) groups is 2. The number of hydrogen-bond donors (Lipinski definition) is 0. The SMILES string of the molecule is CCCCCCCCCc1ccc(C(=O)Oc2ccc(C(=O)OCC(C)CC)cc2)cc1. The summed E-state index contributed by atoms with van der Waals surface area (Å²) in [6, 6.07) is 14.1. The molecule has 174 valence electrons. The summed E-state index contributed by atoms with van der Waals surface area (Å²) in [5, 5.41) is 0. The van der Waals surface area contributed by atoms with Gasteiger partial charge in [0.15, 0.2) is 0 Å². The predicted octanol–water partition coefficient (Wildman–Crippen LogP) is 7.40. The summed E-state index contributed by atoms with van der Waals surface area (Å²) in [4.78, 5) is 24.5. The van der Waals surface area contributed by atoms with Crippen LogP contribution in [0.5, 0.6) is 5.75 Å². The number of rotatable bonds is 14. The third-order valence-corrected chi connectivity index (χ3v) is 5.76. The number of esters is 2. The highest BCUT2D eigenvalue weighted by atomic mass is 16.5. The molecule has 2 aromatic rings. The molecule has 1 unspecified atom stereocenters. The van der Waals surface area contributed by atoms with E-state index in [2.05, 4.69) is 13.8 Å². The van der Waals surface area contributed by atoms with E-state index in [0.29, 0.717) is 29.4 Å². The largest absolute Gasteiger partial charge is 0.462 e. The lowest BCUT2D eigenvalue weighted by Crippen LogP contribution is -2.12. The summed E-state index contributed by atoms with van der Waals surface area (Å²) < 4.78 is 10.7. The minimum Gasteiger partial charge on any atom is -0.462 e. The van der Waals surface area contributed by atoms with E-state index in [4.69, 9.17) is 9.47 Å². The average molecular weight is 439 g/mol. The second-order valence-electron chi connectivity index (χ2n) is 8.59. The minimum absolute atomic E-state index is 0.334. The molecule has 0 aliphatic rings. The van der Waals surface area contributed by atoms with Gasteiger partial charge in [-0.05, 0) is 60.7 Å². The van der Waals surface area contributed by atoms with E-state index in [0.717, 1.165) is 12.8 Å². The van der Waals surface area contributed by atoms with Crippen LogP contribution in [0.4, 0.5) is 0 Å². The molecule has 0 heterocycles. The van der Waals surface area contributed by atoms with Crippen LogP contribution in [0.3, 0.4) is 0 Å². The maximum Gasteiger partial charge on any atom is 0.343 e. The number of hydrogen-bond acceptors (Lipinski definition) is 4. The van der Waals surface area contributed by atoms with Crippen molar-refractivity contribution in [3.63, 3.8) is 0 Å². The van der Waals surface area contributed by atoms with Crippen molar-refractivity contribution in [3.8, 4) is 5.75 Å². The number of unbranched alkanes of at least 4 members (excludes halogenated alkanes) is 6. The Morgan fingerprint density at radius 2 is 1.31 bits per heavy atom. The van der Waals surface area contributed by atoms with Gasteiger partial charge in [0.1, 0.15) is 5.75 Å². The molecule has 0 saturated carbocycles. The fourth-order valence-electron chi connectivity index (χ4n) is 3.34. The van der Waals surface area contributed by atoms with Crippen LogP contribution in [-0.2, 0) is 11.2 Å². The molecule has 4 heteroatoms. The quantitative estimate of drug-likeness (QED) is 0.175. The Labute approximate surface area is 193 Å². The molecular formula is C28H38O4. The van der Waals surface area contributed by atoms with Gasteiger partial charge in [0.25, 0.3) is 0 Å². The van der Waals surface area contributed by atoms with E-state index in [1.807, 2.05) is 31.2 Å². The van der Waals surface area contributed by atoms with E-state index in [-0.39, 0.29) is 5.97 Å². The fraction of sp³-hybridized carbons (Fsp3) is 0.500. The lowest BCUT2D eigenvalue weighted by atomic mass is 10.0. The molecular weight excluding hydrogens is 400 g/mol. The number of aryl methyl sites for hydroxylation is 1. The Kier molecular flexibility index (Phi) is 11.6. The van der Waals surface area contributed by atoms with Crippen LogP contribution in [0.1, 0.15) is 98.4 Å². The molecule has 0 spiro atoms. The highest BCUT2D eigenvalue weighted by Gasteiger charge is 2.12. The van der Waals surface area contributed by atoms with Crippen LogP contribution in [0.15, 0.2) is 48.5 Å². The van der Waals surface area contributed by atoms with Gasteiger partial charge in [-0.15, -0.1) is 0 Å². The van der Waals surface area contributed by atoms with Gasteiger partial charge in [-0.2, -0.15) is 0 Å². The first-order chi connectivity index (χ1) is 15.5. The van der Waals surface area contributed by atoms with Gasteiger partial charge in [-0.25, -0.2) is 9.59 Å². The molecule has 0 N–H and O–H groups in total. The van der Waals surface area contributed by atoms with Crippen molar-refractivity contribution in [1.82, 2.24) is 0 Å². The third kappa shape index (κ3) is 9.25. The van der Waals surface area contributed by atoms with E-state index in [1.54, 1.807) is 24.3 Å². The zero-order chi connectivity index (χ0) is 23.2. The van der Waals surface area contributed by atoms with Crippen molar-refractivity contribution in [1.29, 1.82) is 0 Å². The Balaban J connectivity index is 1.76. The number of benzene rings is 2. The predicted molar refractivity (Wildman–Crippen MR) is 129 cm³/mol. The first kappa shape index (κ1) is 25.6. The van der Waals surface area contributed by atoms with Gasteiger partial charge < -0.3 is 9.47 Å². The van der Waals surface area contributed by atoms with Gasteiger partial charge in [-0.1, -0.05) is 77.8 Å². The second kappa shape index (κ2) is 14.4. The van der Waals surface area contributed by atoms with Crippen LogP contribution < -0.4 is 4.74 Å². The van der Waals surface area contributed by atoms with Crippen molar-refractivity contribution in [2.75, 3.05) is 6.61 Å². The average Bonchev–Trinajstić information content (AvgIpc) is 2.82. The highest BCUT2D eigenvalue weighted by Crippen LogP contribution is 2.17. The molecule has 4 nitrogen and oxygen atoms in total.